The average molecular weight is 317 g/mol. The van der Waals surface area contributed by atoms with E-state index >= 15 is 0 Å². The fourth-order valence-electron chi connectivity index (χ4n) is 1.88. The SMILES string of the molecule is COc1ccccc1OCC(=O)Oc1cc(C)ccc1[N+](=O)[O-]. The summed E-state index contributed by atoms with van der Waals surface area (Å²) in [5.41, 5.74) is 0.463. The number of hydrogen-bond donors (Lipinski definition) is 0. The van der Waals surface area contributed by atoms with Crippen molar-refractivity contribution in [2.45, 2.75) is 6.92 Å². The smallest absolute Gasteiger partial charge is 0.349 e. The Morgan fingerprint density at radius 1 is 1.13 bits per heavy atom. The normalized spacial score (nSPS) is 10.0. The van der Waals surface area contributed by atoms with Gasteiger partial charge in [0, 0.05) is 6.07 Å². The summed E-state index contributed by atoms with van der Waals surface area (Å²) in [4.78, 5) is 22.2. The molecule has 0 aliphatic rings. The molecule has 120 valence electrons. The van der Waals surface area contributed by atoms with Crippen LogP contribution >= 0.6 is 0 Å². The number of aryl methyl sites for hydroxylation is 1. The lowest BCUT2D eigenvalue weighted by atomic mass is 10.2. The van der Waals surface area contributed by atoms with E-state index in [1.807, 2.05) is 0 Å². The number of rotatable bonds is 6. The number of benzene rings is 2. The van der Waals surface area contributed by atoms with Crippen LogP contribution in [-0.4, -0.2) is 24.6 Å². The first-order valence-electron chi connectivity index (χ1n) is 6.73. The topological polar surface area (TPSA) is 87.9 Å². The van der Waals surface area contributed by atoms with Crippen molar-refractivity contribution in [2.75, 3.05) is 13.7 Å². The number of carbonyl (C=O) groups excluding carboxylic acids is 1. The van der Waals surface area contributed by atoms with E-state index in [9.17, 15) is 14.9 Å². The first-order valence-corrected chi connectivity index (χ1v) is 6.73. The van der Waals surface area contributed by atoms with Crippen molar-refractivity contribution in [1.29, 1.82) is 0 Å². The first-order chi connectivity index (χ1) is 11.0. The van der Waals surface area contributed by atoms with Gasteiger partial charge in [-0.1, -0.05) is 18.2 Å². The third-order valence-electron chi connectivity index (χ3n) is 2.95. The van der Waals surface area contributed by atoms with E-state index in [0.717, 1.165) is 5.56 Å². The van der Waals surface area contributed by atoms with Gasteiger partial charge in [0.05, 0.1) is 12.0 Å². The minimum Gasteiger partial charge on any atom is -0.493 e. The molecule has 23 heavy (non-hydrogen) atoms. The fourth-order valence-corrected chi connectivity index (χ4v) is 1.88. The van der Waals surface area contributed by atoms with Crippen LogP contribution in [0.1, 0.15) is 5.56 Å². The highest BCUT2D eigenvalue weighted by molar-refractivity contribution is 5.75. The molecule has 0 radical (unpaired) electrons. The summed E-state index contributed by atoms with van der Waals surface area (Å²) < 4.78 is 15.5. The predicted molar refractivity (Wildman–Crippen MR) is 82.0 cm³/mol. The third kappa shape index (κ3) is 4.19. The monoisotopic (exact) mass is 317 g/mol. The maximum Gasteiger partial charge on any atom is 0.349 e. The lowest BCUT2D eigenvalue weighted by molar-refractivity contribution is -0.385. The van der Waals surface area contributed by atoms with E-state index in [4.69, 9.17) is 14.2 Å². The number of nitro benzene ring substituents is 1. The van der Waals surface area contributed by atoms with Crippen molar-refractivity contribution < 1.29 is 23.9 Å². The van der Waals surface area contributed by atoms with Crippen LogP contribution in [0, 0.1) is 17.0 Å². The number of esters is 1. The van der Waals surface area contributed by atoms with Crippen LogP contribution in [0.25, 0.3) is 0 Å². The Kier molecular flexibility index (Phi) is 5.14. The molecule has 2 aromatic carbocycles. The van der Waals surface area contributed by atoms with Crippen molar-refractivity contribution in [2.24, 2.45) is 0 Å². The number of nitrogens with zero attached hydrogens (tertiary/aromatic N) is 1. The molecule has 7 heteroatoms. The van der Waals surface area contributed by atoms with E-state index < -0.39 is 17.5 Å². The van der Waals surface area contributed by atoms with Crippen LogP contribution in [0.5, 0.6) is 17.2 Å². The van der Waals surface area contributed by atoms with Gasteiger partial charge >= 0.3 is 11.7 Å². The lowest BCUT2D eigenvalue weighted by Crippen LogP contribution is -2.18. The minimum absolute atomic E-state index is 0.108. The van der Waals surface area contributed by atoms with Crippen molar-refractivity contribution in [1.82, 2.24) is 0 Å². The van der Waals surface area contributed by atoms with E-state index in [0.29, 0.717) is 11.5 Å². The van der Waals surface area contributed by atoms with Gasteiger partial charge in [-0.2, -0.15) is 0 Å². The molecule has 0 N–H and O–H groups in total. The second-order valence-corrected chi connectivity index (χ2v) is 4.64. The standard InChI is InChI=1S/C16H15NO6/c1-11-7-8-12(17(19)20)15(9-11)23-16(18)10-22-14-6-4-3-5-13(14)21-2/h3-9H,10H2,1-2H3. The van der Waals surface area contributed by atoms with Crippen LogP contribution in [0.3, 0.4) is 0 Å². The Bertz CT molecular complexity index is 728. The van der Waals surface area contributed by atoms with E-state index in [1.54, 1.807) is 37.3 Å². The van der Waals surface area contributed by atoms with Gasteiger partial charge in [-0.15, -0.1) is 0 Å². The summed E-state index contributed by atoms with van der Waals surface area (Å²) >= 11 is 0. The first kappa shape index (κ1) is 16.3. The van der Waals surface area contributed by atoms with Crippen molar-refractivity contribution >= 4 is 11.7 Å². The van der Waals surface area contributed by atoms with E-state index in [-0.39, 0.29) is 11.4 Å². The molecule has 0 spiro atoms. The van der Waals surface area contributed by atoms with Gasteiger partial charge in [0.1, 0.15) is 0 Å². The molecule has 7 nitrogen and oxygen atoms in total. The number of hydrogen-bond acceptors (Lipinski definition) is 6. The third-order valence-corrected chi connectivity index (χ3v) is 2.95. The number of ether oxygens (including phenoxy) is 3. The molecule has 0 heterocycles. The van der Waals surface area contributed by atoms with Crippen molar-refractivity contribution in [3.8, 4) is 17.2 Å². The van der Waals surface area contributed by atoms with Gasteiger partial charge in [-0.25, -0.2) is 4.79 Å². The molecule has 0 fully saturated rings. The molecule has 0 aliphatic carbocycles. The summed E-state index contributed by atoms with van der Waals surface area (Å²) in [5.74, 6) is 0.000704. The zero-order valence-electron chi connectivity index (χ0n) is 12.6. The number of carbonyl (C=O) groups is 1. The quantitative estimate of drug-likeness (QED) is 0.352. The largest absolute Gasteiger partial charge is 0.493 e. The molecular formula is C16H15NO6. The molecule has 2 aromatic rings. The summed E-state index contributed by atoms with van der Waals surface area (Å²) in [7, 11) is 1.48. The molecule has 0 atom stereocenters. The van der Waals surface area contributed by atoms with Crippen molar-refractivity contribution in [3.63, 3.8) is 0 Å². The summed E-state index contributed by atoms with van der Waals surface area (Å²) in [6.07, 6.45) is 0. The highest BCUT2D eigenvalue weighted by Crippen LogP contribution is 2.28. The van der Waals surface area contributed by atoms with E-state index in [2.05, 4.69) is 0 Å². The van der Waals surface area contributed by atoms with Crippen molar-refractivity contribution in [3.05, 3.63) is 58.1 Å². The Morgan fingerprint density at radius 2 is 1.83 bits per heavy atom. The van der Waals surface area contributed by atoms with Gasteiger partial charge in [0.15, 0.2) is 18.1 Å². The molecule has 0 aromatic heterocycles. The molecule has 0 bridgehead atoms. The van der Waals surface area contributed by atoms with Gasteiger partial charge < -0.3 is 14.2 Å². The molecule has 0 saturated heterocycles. The highest BCUT2D eigenvalue weighted by atomic mass is 16.6. The van der Waals surface area contributed by atoms with Gasteiger partial charge in [-0.05, 0) is 30.7 Å². The molecule has 0 aliphatic heterocycles. The van der Waals surface area contributed by atoms with Gasteiger partial charge in [0.25, 0.3) is 0 Å². The lowest BCUT2D eigenvalue weighted by Gasteiger charge is -2.10. The highest BCUT2D eigenvalue weighted by Gasteiger charge is 2.18. The minimum atomic E-state index is -0.746. The molecular weight excluding hydrogens is 302 g/mol. The Hall–Kier alpha value is -3.09. The zero-order valence-corrected chi connectivity index (χ0v) is 12.6. The van der Waals surface area contributed by atoms with Gasteiger partial charge in [0.2, 0.25) is 5.75 Å². The summed E-state index contributed by atoms with van der Waals surface area (Å²) in [6.45, 7) is 1.35. The van der Waals surface area contributed by atoms with Crippen LogP contribution in [0.2, 0.25) is 0 Å². The number of methoxy groups -OCH3 is 1. The van der Waals surface area contributed by atoms with Crippen LogP contribution in [-0.2, 0) is 4.79 Å². The fraction of sp³-hybridized carbons (Fsp3) is 0.188. The number of nitro groups is 1. The zero-order chi connectivity index (χ0) is 16.8. The van der Waals surface area contributed by atoms with Gasteiger partial charge in [-0.3, -0.25) is 10.1 Å². The molecule has 0 saturated carbocycles. The summed E-state index contributed by atoms with van der Waals surface area (Å²) in [6, 6.07) is 11.1. The van der Waals surface area contributed by atoms with E-state index in [1.165, 1.54) is 19.2 Å². The Morgan fingerprint density at radius 3 is 2.48 bits per heavy atom. The predicted octanol–water partition coefficient (Wildman–Crippen LogP) is 2.90. The Labute approximate surface area is 132 Å². The summed E-state index contributed by atoms with van der Waals surface area (Å²) in [5, 5.41) is 10.9. The van der Waals surface area contributed by atoms with Crippen LogP contribution in [0.15, 0.2) is 42.5 Å². The molecule has 2 rings (SSSR count). The Balaban J connectivity index is 2.05. The average Bonchev–Trinajstić information content (AvgIpc) is 2.53. The second-order valence-electron chi connectivity index (χ2n) is 4.64. The maximum absolute atomic E-state index is 11.9. The van der Waals surface area contributed by atoms with Crippen LogP contribution < -0.4 is 14.2 Å². The molecule has 0 amide bonds. The maximum atomic E-state index is 11.9. The molecule has 0 unspecified atom stereocenters. The van der Waals surface area contributed by atoms with Crippen LogP contribution in [0.4, 0.5) is 5.69 Å². The second kappa shape index (κ2) is 7.26. The number of para-hydroxylation sites is 2.